The third-order valence-corrected chi connectivity index (χ3v) is 6.07. The van der Waals surface area contributed by atoms with E-state index in [0.29, 0.717) is 5.92 Å². The van der Waals surface area contributed by atoms with E-state index in [0.717, 1.165) is 18.5 Å². The number of hydrogen-bond acceptors (Lipinski definition) is 2. The van der Waals surface area contributed by atoms with Gasteiger partial charge in [0.2, 0.25) is 5.91 Å². The Kier molecular flexibility index (Phi) is 5.59. The fraction of sp³-hybridized carbons (Fsp3) is 0.458. The van der Waals surface area contributed by atoms with Crippen LogP contribution in [0.5, 0.6) is 0 Å². The second-order valence-electron chi connectivity index (χ2n) is 7.86. The lowest BCUT2D eigenvalue weighted by molar-refractivity contribution is -0.117. The predicted molar refractivity (Wildman–Crippen MR) is 115 cm³/mol. The fourth-order valence-corrected chi connectivity index (χ4v) is 4.70. The van der Waals surface area contributed by atoms with Gasteiger partial charge in [-0.15, -0.1) is 0 Å². The standard InChI is InChI=1S/C24H32N2O/c1-7-19-16(4)10-9-11-21(19)25-24-17(5)22(8-2)26(18(6)27)23-13-12-15(3)14-20(23)24/h9-14,17,22,24-25H,7-8H2,1-6H3. The molecule has 0 aliphatic carbocycles. The maximum absolute atomic E-state index is 12.5. The van der Waals surface area contributed by atoms with Crippen LogP contribution in [0.2, 0.25) is 0 Å². The Balaban J connectivity index is 2.12. The summed E-state index contributed by atoms with van der Waals surface area (Å²) in [6.45, 7) is 12.6. The summed E-state index contributed by atoms with van der Waals surface area (Å²) >= 11 is 0. The van der Waals surface area contributed by atoms with Crippen LogP contribution in [0.15, 0.2) is 36.4 Å². The SMILES string of the molecule is CCc1c(C)cccc1NC1c2cc(C)ccc2N(C(C)=O)C(CC)C1C. The number of carbonyl (C=O) groups excluding carboxylic acids is 1. The minimum absolute atomic E-state index is 0.127. The summed E-state index contributed by atoms with van der Waals surface area (Å²) in [5, 5.41) is 3.86. The van der Waals surface area contributed by atoms with Crippen molar-refractivity contribution in [1.29, 1.82) is 0 Å². The van der Waals surface area contributed by atoms with E-state index in [-0.39, 0.29) is 18.0 Å². The number of amides is 1. The van der Waals surface area contributed by atoms with Crippen molar-refractivity contribution in [2.45, 2.75) is 66.5 Å². The maximum atomic E-state index is 12.5. The minimum Gasteiger partial charge on any atom is -0.378 e. The van der Waals surface area contributed by atoms with Crippen LogP contribution in [0.4, 0.5) is 11.4 Å². The summed E-state index contributed by atoms with van der Waals surface area (Å²) in [7, 11) is 0. The van der Waals surface area contributed by atoms with Crippen molar-refractivity contribution >= 4 is 17.3 Å². The first-order valence-electron chi connectivity index (χ1n) is 10.1. The van der Waals surface area contributed by atoms with Crippen LogP contribution in [0.1, 0.15) is 62.4 Å². The highest BCUT2D eigenvalue weighted by Gasteiger charge is 2.39. The Morgan fingerprint density at radius 1 is 1.15 bits per heavy atom. The van der Waals surface area contributed by atoms with Crippen molar-refractivity contribution < 1.29 is 4.79 Å². The number of benzene rings is 2. The first-order chi connectivity index (χ1) is 12.9. The molecule has 3 heteroatoms. The number of anilines is 2. The summed E-state index contributed by atoms with van der Waals surface area (Å²) in [6.07, 6.45) is 1.95. The molecule has 0 bridgehead atoms. The first-order valence-corrected chi connectivity index (χ1v) is 10.1. The van der Waals surface area contributed by atoms with Crippen LogP contribution < -0.4 is 10.2 Å². The molecule has 1 heterocycles. The van der Waals surface area contributed by atoms with Crippen molar-refractivity contribution in [3.8, 4) is 0 Å². The lowest BCUT2D eigenvalue weighted by Crippen LogP contribution is -2.49. The van der Waals surface area contributed by atoms with Crippen molar-refractivity contribution in [3.63, 3.8) is 0 Å². The van der Waals surface area contributed by atoms with Crippen LogP contribution in [0.3, 0.4) is 0 Å². The van der Waals surface area contributed by atoms with E-state index in [2.05, 4.69) is 76.3 Å². The molecule has 0 aromatic heterocycles. The van der Waals surface area contributed by atoms with Crippen molar-refractivity contribution in [2.24, 2.45) is 5.92 Å². The molecule has 0 saturated carbocycles. The number of carbonyl (C=O) groups is 1. The van der Waals surface area contributed by atoms with E-state index in [9.17, 15) is 4.79 Å². The normalized spacial score (nSPS) is 21.7. The number of hydrogen-bond donors (Lipinski definition) is 1. The molecule has 0 radical (unpaired) electrons. The highest BCUT2D eigenvalue weighted by atomic mass is 16.2. The predicted octanol–water partition coefficient (Wildman–Crippen LogP) is 5.80. The van der Waals surface area contributed by atoms with Crippen molar-refractivity contribution in [3.05, 3.63) is 58.7 Å². The van der Waals surface area contributed by atoms with E-state index in [1.807, 2.05) is 4.90 Å². The zero-order valence-electron chi connectivity index (χ0n) is 17.5. The first kappa shape index (κ1) is 19.5. The van der Waals surface area contributed by atoms with E-state index in [1.54, 1.807) is 6.92 Å². The monoisotopic (exact) mass is 364 g/mol. The molecule has 0 saturated heterocycles. The number of nitrogens with zero attached hydrogens (tertiary/aromatic N) is 1. The molecule has 1 amide bonds. The molecular formula is C24H32N2O. The van der Waals surface area contributed by atoms with Crippen molar-refractivity contribution in [1.82, 2.24) is 0 Å². The van der Waals surface area contributed by atoms with Gasteiger partial charge in [-0.05, 0) is 55.5 Å². The summed E-state index contributed by atoms with van der Waals surface area (Å²) in [4.78, 5) is 14.5. The van der Waals surface area contributed by atoms with E-state index >= 15 is 0 Å². The van der Waals surface area contributed by atoms with E-state index in [4.69, 9.17) is 0 Å². The van der Waals surface area contributed by atoms with Gasteiger partial charge in [-0.1, -0.05) is 50.6 Å². The molecule has 3 nitrogen and oxygen atoms in total. The smallest absolute Gasteiger partial charge is 0.224 e. The van der Waals surface area contributed by atoms with Crippen molar-refractivity contribution in [2.75, 3.05) is 10.2 Å². The zero-order valence-corrected chi connectivity index (χ0v) is 17.5. The van der Waals surface area contributed by atoms with Gasteiger partial charge in [0, 0.05) is 30.3 Å². The average Bonchev–Trinajstić information content (AvgIpc) is 2.63. The second kappa shape index (κ2) is 7.75. The van der Waals surface area contributed by atoms with Gasteiger partial charge in [-0.25, -0.2) is 0 Å². The van der Waals surface area contributed by atoms with Gasteiger partial charge in [0.15, 0.2) is 0 Å². The van der Waals surface area contributed by atoms with Gasteiger partial charge >= 0.3 is 0 Å². The number of aryl methyl sites for hydroxylation is 2. The Bertz CT molecular complexity index is 842. The largest absolute Gasteiger partial charge is 0.378 e. The Morgan fingerprint density at radius 2 is 1.89 bits per heavy atom. The Labute approximate surface area is 163 Å². The lowest BCUT2D eigenvalue weighted by Gasteiger charge is -2.45. The second-order valence-corrected chi connectivity index (χ2v) is 7.86. The summed E-state index contributed by atoms with van der Waals surface area (Å²) in [5.74, 6) is 0.445. The van der Waals surface area contributed by atoms with Gasteiger partial charge < -0.3 is 10.2 Å². The average molecular weight is 365 g/mol. The number of nitrogens with one attached hydrogen (secondary N) is 1. The van der Waals surface area contributed by atoms with Crippen LogP contribution in [-0.4, -0.2) is 11.9 Å². The molecule has 1 aliphatic rings. The number of rotatable bonds is 4. The zero-order chi connectivity index (χ0) is 19.7. The van der Waals surface area contributed by atoms with Crippen LogP contribution in [0, 0.1) is 19.8 Å². The third-order valence-electron chi connectivity index (χ3n) is 6.07. The molecule has 1 N–H and O–H groups in total. The summed E-state index contributed by atoms with van der Waals surface area (Å²) in [5.41, 5.74) is 7.43. The number of fused-ring (bicyclic) bond motifs is 1. The molecule has 0 spiro atoms. The molecule has 0 fully saturated rings. The molecule has 144 valence electrons. The molecule has 1 aliphatic heterocycles. The van der Waals surface area contributed by atoms with Gasteiger partial charge in [0.25, 0.3) is 0 Å². The summed E-state index contributed by atoms with van der Waals surface area (Å²) < 4.78 is 0. The maximum Gasteiger partial charge on any atom is 0.224 e. The van der Waals surface area contributed by atoms with E-state index < -0.39 is 0 Å². The van der Waals surface area contributed by atoms with Gasteiger partial charge in [0.1, 0.15) is 0 Å². The van der Waals surface area contributed by atoms with Gasteiger partial charge in [-0.2, -0.15) is 0 Å². The molecule has 2 aromatic carbocycles. The fourth-order valence-electron chi connectivity index (χ4n) is 4.70. The highest BCUT2D eigenvalue weighted by molar-refractivity contribution is 5.94. The van der Waals surface area contributed by atoms with E-state index in [1.165, 1.54) is 27.9 Å². The Hall–Kier alpha value is -2.29. The molecule has 2 aromatic rings. The molecule has 27 heavy (non-hydrogen) atoms. The molecule has 3 unspecified atom stereocenters. The highest BCUT2D eigenvalue weighted by Crippen LogP contribution is 2.44. The summed E-state index contributed by atoms with van der Waals surface area (Å²) in [6, 6.07) is 13.3. The van der Waals surface area contributed by atoms with Crippen LogP contribution in [-0.2, 0) is 11.2 Å². The molecule has 3 atom stereocenters. The van der Waals surface area contributed by atoms with Crippen LogP contribution in [0.25, 0.3) is 0 Å². The molecule has 3 rings (SSSR count). The quantitative estimate of drug-likeness (QED) is 0.743. The molecular weight excluding hydrogens is 332 g/mol. The minimum atomic E-state index is 0.127. The van der Waals surface area contributed by atoms with Gasteiger partial charge in [0.05, 0.1) is 6.04 Å². The third kappa shape index (κ3) is 3.47. The van der Waals surface area contributed by atoms with Crippen LogP contribution >= 0.6 is 0 Å². The topological polar surface area (TPSA) is 32.3 Å². The van der Waals surface area contributed by atoms with Gasteiger partial charge in [-0.3, -0.25) is 4.79 Å². The lowest BCUT2D eigenvalue weighted by atomic mass is 9.80. The Morgan fingerprint density at radius 3 is 2.52 bits per heavy atom.